The fraction of sp³-hybridized carbons (Fsp3) is 1.00. The molecule has 86 valence electrons. The van der Waals surface area contributed by atoms with E-state index in [0.717, 1.165) is 32.1 Å². The van der Waals surface area contributed by atoms with Gasteiger partial charge in [-0.3, -0.25) is 0 Å². The first-order chi connectivity index (χ1) is 6.60. The van der Waals surface area contributed by atoms with Crippen LogP contribution in [0, 0.1) is 0 Å². The second-order valence-electron chi connectivity index (χ2n) is 3.50. The van der Waals surface area contributed by atoms with Crippen LogP contribution in [0.15, 0.2) is 0 Å². The second kappa shape index (κ2) is 9.39. The monoisotopic (exact) mass is 278 g/mol. The largest absolute Gasteiger partial charge is 0.127 e. The Morgan fingerprint density at radius 1 is 0.929 bits per heavy atom. The number of halogens is 4. The van der Waals surface area contributed by atoms with Crippen molar-refractivity contribution in [3.63, 3.8) is 0 Å². The maximum absolute atomic E-state index is 6.13. The van der Waals surface area contributed by atoms with Crippen molar-refractivity contribution in [2.75, 3.05) is 5.88 Å². The average molecular weight is 280 g/mol. The van der Waals surface area contributed by atoms with Crippen LogP contribution in [-0.2, 0) is 0 Å². The summed E-state index contributed by atoms with van der Waals surface area (Å²) in [5.41, 5.74) is 0. The summed E-state index contributed by atoms with van der Waals surface area (Å²) in [6, 6.07) is 0. The maximum Gasteiger partial charge on any atom is 0.0364 e. The van der Waals surface area contributed by atoms with Crippen molar-refractivity contribution < 1.29 is 0 Å². The summed E-state index contributed by atoms with van der Waals surface area (Å²) >= 11 is 23.8. The first-order valence-electron chi connectivity index (χ1n) is 5.08. The minimum Gasteiger partial charge on any atom is -0.127 e. The fourth-order valence-electron chi connectivity index (χ4n) is 1.23. The number of rotatable bonds is 8. The van der Waals surface area contributed by atoms with E-state index in [2.05, 4.69) is 6.92 Å². The van der Waals surface area contributed by atoms with Crippen molar-refractivity contribution in [2.24, 2.45) is 0 Å². The average Bonchev–Trinajstić information content (AvgIpc) is 2.14. The zero-order chi connectivity index (χ0) is 11.0. The molecule has 0 fully saturated rings. The van der Waals surface area contributed by atoms with E-state index in [9.17, 15) is 0 Å². The van der Waals surface area contributed by atoms with Gasteiger partial charge in [0.15, 0.2) is 0 Å². The highest BCUT2D eigenvalue weighted by molar-refractivity contribution is 6.25. The van der Waals surface area contributed by atoms with Gasteiger partial charge in [-0.2, -0.15) is 0 Å². The third-order valence-corrected chi connectivity index (χ3v) is 3.62. The van der Waals surface area contributed by atoms with Gasteiger partial charge in [-0.05, 0) is 32.1 Å². The minimum atomic E-state index is 0.0928. The molecule has 0 amide bonds. The van der Waals surface area contributed by atoms with Crippen molar-refractivity contribution in [2.45, 2.75) is 55.2 Å². The Morgan fingerprint density at radius 3 is 2.00 bits per heavy atom. The van der Waals surface area contributed by atoms with Crippen molar-refractivity contribution >= 4 is 46.4 Å². The van der Waals surface area contributed by atoms with Gasteiger partial charge in [0.1, 0.15) is 0 Å². The molecule has 4 heteroatoms. The zero-order valence-electron chi connectivity index (χ0n) is 8.49. The van der Waals surface area contributed by atoms with Gasteiger partial charge >= 0.3 is 0 Å². The summed E-state index contributed by atoms with van der Waals surface area (Å²) in [6.07, 6.45) is 4.51. The Morgan fingerprint density at radius 2 is 1.50 bits per heavy atom. The van der Waals surface area contributed by atoms with Crippen LogP contribution >= 0.6 is 46.4 Å². The molecule has 0 nitrogen and oxygen atoms in total. The first kappa shape index (κ1) is 15.2. The number of hydrogen-bond acceptors (Lipinski definition) is 0. The summed E-state index contributed by atoms with van der Waals surface area (Å²) < 4.78 is 0. The molecule has 0 radical (unpaired) electrons. The summed E-state index contributed by atoms with van der Waals surface area (Å²) in [5.74, 6) is 0.670. The highest BCUT2D eigenvalue weighted by Gasteiger charge is 2.15. The summed E-state index contributed by atoms with van der Waals surface area (Å²) in [4.78, 5) is 0. The highest BCUT2D eigenvalue weighted by atomic mass is 35.5. The van der Waals surface area contributed by atoms with Crippen molar-refractivity contribution in [3.8, 4) is 0 Å². The van der Waals surface area contributed by atoms with E-state index in [1.807, 2.05) is 0 Å². The molecule has 0 saturated carbocycles. The van der Waals surface area contributed by atoms with Crippen LogP contribution in [0.5, 0.6) is 0 Å². The Hall–Kier alpha value is 1.16. The maximum atomic E-state index is 6.13. The smallest absolute Gasteiger partial charge is 0.0364 e. The van der Waals surface area contributed by atoms with Crippen molar-refractivity contribution in [1.82, 2.24) is 0 Å². The molecule has 0 heterocycles. The van der Waals surface area contributed by atoms with E-state index < -0.39 is 0 Å². The van der Waals surface area contributed by atoms with Crippen LogP contribution in [0.25, 0.3) is 0 Å². The molecule has 0 aliphatic carbocycles. The number of hydrogen-bond donors (Lipinski definition) is 0. The molecule has 0 aliphatic rings. The Balaban J connectivity index is 3.54. The lowest BCUT2D eigenvalue weighted by Gasteiger charge is -2.15. The molecule has 0 aromatic heterocycles. The van der Waals surface area contributed by atoms with E-state index in [4.69, 9.17) is 46.4 Å². The van der Waals surface area contributed by atoms with E-state index in [1.165, 1.54) is 0 Å². The van der Waals surface area contributed by atoms with Crippen LogP contribution in [0.3, 0.4) is 0 Å². The molecular formula is C10H18Cl4. The lowest BCUT2D eigenvalue weighted by molar-refractivity contribution is 0.602. The molecule has 0 N–H and O–H groups in total. The normalized spacial score (nSPS) is 17.8. The topological polar surface area (TPSA) is 0 Å². The van der Waals surface area contributed by atoms with Crippen LogP contribution in [0.1, 0.15) is 39.0 Å². The van der Waals surface area contributed by atoms with Crippen LogP contribution < -0.4 is 0 Å². The van der Waals surface area contributed by atoms with Crippen LogP contribution in [0.2, 0.25) is 0 Å². The predicted molar refractivity (Wildman–Crippen MR) is 68.4 cm³/mol. The summed E-state index contributed by atoms with van der Waals surface area (Å²) in [6.45, 7) is 2.06. The van der Waals surface area contributed by atoms with E-state index in [-0.39, 0.29) is 16.1 Å². The van der Waals surface area contributed by atoms with Gasteiger partial charge in [0.25, 0.3) is 0 Å². The standard InChI is InChI=1S/C10H18Cl4/c1-2-8(12)6-10(14)7-9(13)4-3-5-11/h8-10H,2-7H2,1H3. The Kier molecular flexibility index (Phi) is 10.2. The van der Waals surface area contributed by atoms with E-state index in [0.29, 0.717) is 5.88 Å². The first-order valence-corrected chi connectivity index (χ1v) is 6.92. The summed E-state index contributed by atoms with van der Waals surface area (Å²) in [5, 5.41) is 0.404. The fourth-order valence-corrected chi connectivity index (χ4v) is 2.59. The molecular weight excluding hydrogens is 262 g/mol. The Bertz CT molecular complexity index is 129. The van der Waals surface area contributed by atoms with Gasteiger partial charge in [0.05, 0.1) is 0 Å². The molecule has 0 aromatic rings. The third-order valence-electron chi connectivity index (χ3n) is 2.12. The molecule has 0 saturated heterocycles. The molecule has 3 unspecified atom stereocenters. The van der Waals surface area contributed by atoms with Gasteiger partial charge in [0.2, 0.25) is 0 Å². The van der Waals surface area contributed by atoms with Gasteiger partial charge in [0, 0.05) is 22.0 Å². The molecule has 0 bridgehead atoms. The van der Waals surface area contributed by atoms with E-state index in [1.54, 1.807) is 0 Å². The molecule has 0 aromatic carbocycles. The lowest BCUT2D eigenvalue weighted by Crippen LogP contribution is -2.13. The highest BCUT2D eigenvalue weighted by Crippen LogP contribution is 2.22. The van der Waals surface area contributed by atoms with Crippen molar-refractivity contribution in [1.29, 1.82) is 0 Å². The SMILES string of the molecule is CCC(Cl)CC(Cl)CC(Cl)CCCCl. The summed E-state index contributed by atoms with van der Waals surface area (Å²) in [7, 11) is 0. The predicted octanol–water partition coefficient (Wildman–Crippen LogP) is 5.02. The Labute approximate surface area is 107 Å². The second-order valence-corrected chi connectivity index (χ2v) is 5.73. The van der Waals surface area contributed by atoms with Crippen LogP contribution in [-0.4, -0.2) is 22.0 Å². The molecule has 14 heavy (non-hydrogen) atoms. The molecule has 0 spiro atoms. The molecule has 0 rings (SSSR count). The van der Waals surface area contributed by atoms with Gasteiger partial charge in [-0.25, -0.2) is 0 Å². The van der Waals surface area contributed by atoms with E-state index >= 15 is 0 Å². The van der Waals surface area contributed by atoms with Gasteiger partial charge < -0.3 is 0 Å². The third kappa shape index (κ3) is 8.47. The number of alkyl halides is 4. The minimum absolute atomic E-state index is 0.0928. The lowest BCUT2D eigenvalue weighted by atomic mass is 10.1. The zero-order valence-corrected chi connectivity index (χ0v) is 11.5. The molecule has 0 aliphatic heterocycles. The van der Waals surface area contributed by atoms with Crippen LogP contribution in [0.4, 0.5) is 0 Å². The van der Waals surface area contributed by atoms with Gasteiger partial charge in [-0.1, -0.05) is 6.92 Å². The molecule has 3 atom stereocenters. The quantitative estimate of drug-likeness (QED) is 0.548. The van der Waals surface area contributed by atoms with Crippen molar-refractivity contribution in [3.05, 3.63) is 0 Å². The van der Waals surface area contributed by atoms with Gasteiger partial charge in [-0.15, -0.1) is 46.4 Å².